The number of imidazole rings is 1. The van der Waals surface area contributed by atoms with Crippen molar-refractivity contribution >= 4 is 27.8 Å². The Morgan fingerprint density at radius 2 is 2.17 bits per heavy atom. The van der Waals surface area contributed by atoms with Gasteiger partial charge in [0, 0.05) is 18.1 Å². The van der Waals surface area contributed by atoms with Crippen molar-refractivity contribution in [3.05, 3.63) is 65.1 Å². The van der Waals surface area contributed by atoms with Crippen molar-refractivity contribution in [3.63, 3.8) is 0 Å². The molecule has 4 aromatic rings. The van der Waals surface area contributed by atoms with E-state index in [1.165, 1.54) is 5.69 Å². The van der Waals surface area contributed by atoms with Crippen molar-refractivity contribution in [2.75, 3.05) is 11.9 Å². The molecule has 1 N–H and O–H groups in total. The molecule has 9 heteroatoms. The standard InChI is InChI=1S/C21H20N8S/c1-14-19(29-7-8-30-21(29)26-14)13-28-6-2-3-18(28)17-11-25-20(12-24-17)27-16-5-4-15(9-22)23-10-16/h4-5,7-8,10-12,18H,2-3,6,13H2,1H3,(H,25,27). The monoisotopic (exact) mass is 416 g/mol. The molecule has 1 fully saturated rings. The number of rotatable bonds is 5. The maximum Gasteiger partial charge on any atom is 0.194 e. The Hall–Kier alpha value is -3.35. The second-order valence-corrected chi connectivity index (χ2v) is 8.20. The number of anilines is 2. The van der Waals surface area contributed by atoms with Gasteiger partial charge in [0.2, 0.25) is 0 Å². The minimum absolute atomic E-state index is 0.256. The molecule has 4 aromatic heterocycles. The zero-order valence-electron chi connectivity index (χ0n) is 16.5. The van der Waals surface area contributed by atoms with E-state index in [2.05, 4.69) is 53.1 Å². The molecule has 5 heterocycles. The van der Waals surface area contributed by atoms with Crippen molar-refractivity contribution in [3.8, 4) is 6.07 Å². The van der Waals surface area contributed by atoms with E-state index in [4.69, 9.17) is 5.26 Å². The first-order chi connectivity index (χ1) is 14.7. The third-order valence-corrected chi connectivity index (χ3v) is 6.20. The summed E-state index contributed by atoms with van der Waals surface area (Å²) in [7, 11) is 0. The molecule has 0 radical (unpaired) electrons. The highest BCUT2D eigenvalue weighted by Crippen LogP contribution is 2.33. The zero-order chi connectivity index (χ0) is 20.5. The summed E-state index contributed by atoms with van der Waals surface area (Å²) in [6, 6.07) is 5.74. The molecule has 0 amide bonds. The van der Waals surface area contributed by atoms with Gasteiger partial charge in [-0.25, -0.2) is 15.0 Å². The van der Waals surface area contributed by atoms with Crippen LogP contribution in [0.1, 0.15) is 41.7 Å². The van der Waals surface area contributed by atoms with Gasteiger partial charge in [-0.3, -0.25) is 14.3 Å². The number of aryl methyl sites for hydroxylation is 1. The van der Waals surface area contributed by atoms with E-state index in [0.29, 0.717) is 11.5 Å². The van der Waals surface area contributed by atoms with Gasteiger partial charge < -0.3 is 5.32 Å². The minimum atomic E-state index is 0.256. The molecule has 8 nitrogen and oxygen atoms in total. The van der Waals surface area contributed by atoms with Gasteiger partial charge in [0.1, 0.15) is 17.6 Å². The summed E-state index contributed by atoms with van der Waals surface area (Å²) < 4.78 is 2.19. The number of nitrogens with one attached hydrogen (secondary N) is 1. The number of pyridine rings is 1. The van der Waals surface area contributed by atoms with Gasteiger partial charge in [-0.1, -0.05) is 0 Å². The molecular formula is C21H20N8S. The fourth-order valence-electron chi connectivity index (χ4n) is 3.93. The molecule has 1 saturated heterocycles. The van der Waals surface area contributed by atoms with E-state index in [9.17, 15) is 0 Å². The Morgan fingerprint density at radius 3 is 2.93 bits per heavy atom. The summed E-state index contributed by atoms with van der Waals surface area (Å²) in [5, 5.41) is 14.1. The first-order valence-electron chi connectivity index (χ1n) is 9.81. The van der Waals surface area contributed by atoms with E-state index in [1.54, 1.807) is 35.9 Å². The van der Waals surface area contributed by atoms with Crippen molar-refractivity contribution in [2.45, 2.75) is 32.4 Å². The van der Waals surface area contributed by atoms with E-state index in [-0.39, 0.29) is 6.04 Å². The second-order valence-electron chi connectivity index (χ2n) is 7.32. The van der Waals surface area contributed by atoms with Crippen molar-refractivity contribution in [1.29, 1.82) is 5.26 Å². The van der Waals surface area contributed by atoms with E-state index < -0.39 is 0 Å². The number of nitrogens with zero attached hydrogens (tertiary/aromatic N) is 7. The summed E-state index contributed by atoms with van der Waals surface area (Å²) in [5.74, 6) is 0.654. The van der Waals surface area contributed by atoms with Crippen LogP contribution >= 0.6 is 11.3 Å². The summed E-state index contributed by atoms with van der Waals surface area (Å²) in [4.78, 5) is 21.5. The van der Waals surface area contributed by atoms with Gasteiger partial charge in [-0.2, -0.15) is 5.26 Å². The molecule has 0 aliphatic carbocycles. The molecule has 0 saturated carbocycles. The van der Waals surface area contributed by atoms with Gasteiger partial charge in [0.25, 0.3) is 0 Å². The second kappa shape index (κ2) is 7.82. The molecule has 5 rings (SSSR count). The number of aromatic nitrogens is 5. The normalized spacial score (nSPS) is 16.7. The third kappa shape index (κ3) is 3.51. The average molecular weight is 417 g/mol. The molecule has 150 valence electrons. The lowest BCUT2D eigenvalue weighted by atomic mass is 10.1. The van der Waals surface area contributed by atoms with Crippen molar-refractivity contribution in [2.24, 2.45) is 0 Å². The zero-order valence-corrected chi connectivity index (χ0v) is 17.3. The van der Waals surface area contributed by atoms with Crippen LogP contribution in [-0.4, -0.2) is 35.8 Å². The van der Waals surface area contributed by atoms with Crippen molar-refractivity contribution < 1.29 is 0 Å². The van der Waals surface area contributed by atoms with Crippen LogP contribution in [0.25, 0.3) is 4.96 Å². The lowest BCUT2D eigenvalue weighted by Gasteiger charge is -2.24. The predicted molar refractivity (Wildman–Crippen MR) is 114 cm³/mol. The fraction of sp³-hybridized carbons (Fsp3) is 0.286. The van der Waals surface area contributed by atoms with Gasteiger partial charge >= 0.3 is 0 Å². The molecule has 0 aromatic carbocycles. The number of thiazole rings is 1. The van der Waals surface area contributed by atoms with Crippen LogP contribution < -0.4 is 5.32 Å². The predicted octanol–water partition coefficient (Wildman–Crippen LogP) is 3.84. The maximum atomic E-state index is 8.85. The molecule has 0 spiro atoms. The number of likely N-dealkylation sites (tertiary alicyclic amines) is 1. The summed E-state index contributed by atoms with van der Waals surface area (Å²) in [6.07, 6.45) is 9.54. The molecule has 1 unspecified atom stereocenters. The first kappa shape index (κ1) is 18.7. The van der Waals surface area contributed by atoms with Crippen LogP contribution in [0.2, 0.25) is 0 Å². The van der Waals surface area contributed by atoms with Crippen LogP contribution in [0.15, 0.2) is 42.3 Å². The van der Waals surface area contributed by atoms with Crippen LogP contribution in [0, 0.1) is 18.3 Å². The minimum Gasteiger partial charge on any atom is -0.338 e. The van der Waals surface area contributed by atoms with E-state index >= 15 is 0 Å². The van der Waals surface area contributed by atoms with Crippen molar-refractivity contribution in [1.82, 2.24) is 29.2 Å². The highest BCUT2D eigenvalue weighted by Gasteiger charge is 2.28. The highest BCUT2D eigenvalue weighted by molar-refractivity contribution is 7.15. The molecule has 1 aliphatic heterocycles. The SMILES string of the molecule is Cc1nc2sccn2c1CN1CCCC1c1cnc(Nc2ccc(C#N)nc2)cn1. The lowest BCUT2D eigenvalue weighted by Crippen LogP contribution is -2.24. The Labute approximate surface area is 177 Å². The number of hydrogen-bond donors (Lipinski definition) is 1. The summed E-state index contributed by atoms with van der Waals surface area (Å²) in [5.41, 5.74) is 4.48. The fourth-order valence-corrected chi connectivity index (χ4v) is 4.71. The van der Waals surface area contributed by atoms with Gasteiger partial charge in [-0.15, -0.1) is 11.3 Å². The van der Waals surface area contributed by atoms with Crippen LogP contribution in [-0.2, 0) is 6.54 Å². The van der Waals surface area contributed by atoms with Crippen LogP contribution in [0.3, 0.4) is 0 Å². The van der Waals surface area contributed by atoms with Gasteiger partial charge in [0.05, 0.1) is 47.4 Å². The smallest absolute Gasteiger partial charge is 0.194 e. The molecule has 1 atom stereocenters. The molecular weight excluding hydrogens is 396 g/mol. The van der Waals surface area contributed by atoms with Gasteiger partial charge in [-0.05, 0) is 38.4 Å². The molecule has 30 heavy (non-hydrogen) atoms. The Morgan fingerprint density at radius 1 is 1.23 bits per heavy atom. The summed E-state index contributed by atoms with van der Waals surface area (Å²) >= 11 is 1.67. The Kier molecular flexibility index (Phi) is 4.86. The lowest BCUT2D eigenvalue weighted by molar-refractivity contribution is 0.240. The third-order valence-electron chi connectivity index (χ3n) is 5.44. The summed E-state index contributed by atoms with van der Waals surface area (Å²) in [6.45, 7) is 3.98. The topological polar surface area (TPSA) is 95.0 Å². The van der Waals surface area contributed by atoms with Crippen LogP contribution in [0.4, 0.5) is 11.5 Å². The number of fused-ring (bicyclic) bond motifs is 1. The van der Waals surface area contributed by atoms with E-state index in [0.717, 1.165) is 48.0 Å². The Bertz CT molecular complexity index is 1200. The largest absolute Gasteiger partial charge is 0.338 e. The number of nitriles is 1. The highest BCUT2D eigenvalue weighted by atomic mass is 32.1. The Balaban J connectivity index is 1.31. The molecule has 1 aliphatic rings. The average Bonchev–Trinajstić information content (AvgIpc) is 3.48. The van der Waals surface area contributed by atoms with Gasteiger partial charge in [0.15, 0.2) is 4.96 Å². The first-order valence-corrected chi connectivity index (χ1v) is 10.7. The maximum absolute atomic E-state index is 8.85. The van der Waals surface area contributed by atoms with Crippen LogP contribution in [0.5, 0.6) is 0 Å². The number of hydrogen-bond acceptors (Lipinski definition) is 8. The molecule has 0 bridgehead atoms. The van der Waals surface area contributed by atoms with E-state index in [1.807, 2.05) is 12.3 Å². The quantitative estimate of drug-likeness (QED) is 0.528.